The fourth-order valence-electron chi connectivity index (χ4n) is 3.04. The van der Waals surface area contributed by atoms with Crippen LogP contribution in [0.5, 0.6) is 0 Å². The van der Waals surface area contributed by atoms with Crippen molar-refractivity contribution in [1.29, 1.82) is 0 Å². The maximum atomic E-state index is 13.5. The quantitative estimate of drug-likeness (QED) is 0.497. The Labute approximate surface area is 164 Å². The Balaban J connectivity index is 2.60. The highest BCUT2D eigenvalue weighted by Crippen LogP contribution is 2.41. The van der Waals surface area contributed by atoms with E-state index in [1.807, 2.05) is 27.7 Å². The molecule has 2 rings (SSSR count). The zero-order valence-electron chi connectivity index (χ0n) is 16.3. The van der Waals surface area contributed by atoms with Crippen LogP contribution in [-0.2, 0) is 9.53 Å². The lowest BCUT2D eigenvalue weighted by molar-refractivity contribution is -0.142. The standard InChI is InChI=1S/C21H24ClFN2O2/c1-7-16-18(20(26)27-11-21(3,4)5)17(19(24-6)12(2)25-16)14-9-8-13(23)10-15(14)22/h8-10,17,19H,7,11H2,1-5H3. The number of hydrogen-bond donors (Lipinski definition) is 0. The number of carbonyl (C=O) groups is 1. The maximum Gasteiger partial charge on any atom is 0.336 e. The predicted octanol–water partition coefficient (Wildman–Crippen LogP) is 5.58. The Hall–Kier alpha value is -2.19. The summed E-state index contributed by atoms with van der Waals surface area (Å²) in [5.74, 6) is -1.62. The van der Waals surface area contributed by atoms with Gasteiger partial charge in [-0.3, -0.25) is 4.99 Å². The van der Waals surface area contributed by atoms with Crippen LogP contribution in [0.4, 0.5) is 4.39 Å². The summed E-state index contributed by atoms with van der Waals surface area (Å²) >= 11 is 6.29. The molecule has 27 heavy (non-hydrogen) atoms. The Morgan fingerprint density at radius 2 is 2.07 bits per heavy atom. The maximum absolute atomic E-state index is 13.5. The van der Waals surface area contributed by atoms with E-state index in [1.54, 1.807) is 6.92 Å². The number of aliphatic imine (C=N–C) groups is 1. The van der Waals surface area contributed by atoms with Gasteiger partial charge < -0.3 is 9.58 Å². The summed E-state index contributed by atoms with van der Waals surface area (Å²) in [6.45, 7) is 17.4. The van der Waals surface area contributed by atoms with Crippen LogP contribution in [0.3, 0.4) is 0 Å². The second kappa shape index (κ2) is 8.22. The van der Waals surface area contributed by atoms with Gasteiger partial charge in [-0.25, -0.2) is 15.8 Å². The van der Waals surface area contributed by atoms with Crippen molar-refractivity contribution in [2.75, 3.05) is 6.61 Å². The molecule has 0 aliphatic carbocycles. The molecule has 0 aromatic heterocycles. The average Bonchev–Trinajstić information content (AvgIpc) is 2.58. The molecule has 6 heteroatoms. The molecule has 1 aliphatic heterocycles. The van der Waals surface area contributed by atoms with E-state index in [-0.39, 0.29) is 17.0 Å². The molecule has 0 saturated heterocycles. The summed E-state index contributed by atoms with van der Waals surface area (Å²) in [5.41, 5.74) is 1.86. The fraction of sp³-hybridized carbons (Fsp3) is 0.476. The van der Waals surface area contributed by atoms with Crippen LogP contribution in [0.15, 0.2) is 34.5 Å². The minimum atomic E-state index is -0.694. The molecule has 0 radical (unpaired) electrons. The molecule has 0 fully saturated rings. The summed E-state index contributed by atoms with van der Waals surface area (Å²) in [6, 6.07) is 3.32. The lowest BCUT2D eigenvalue weighted by atomic mass is 9.79. The van der Waals surface area contributed by atoms with Crippen LogP contribution in [0.2, 0.25) is 5.02 Å². The van der Waals surface area contributed by atoms with E-state index in [0.717, 1.165) is 0 Å². The van der Waals surface area contributed by atoms with Gasteiger partial charge >= 0.3 is 5.97 Å². The van der Waals surface area contributed by atoms with Crippen LogP contribution in [0, 0.1) is 17.8 Å². The topological polar surface area (TPSA) is 43.0 Å². The largest absolute Gasteiger partial charge is 0.462 e. The molecular formula is C21H24ClFN2O2. The minimum Gasteiger partial charge on any atom is -0.462 e. The van der Waals surface area contributed by atoms with E-state index < -0.39 is 23.7 Å². The van der Waals surface area contributed by atoms with E-state index >= 15 is 0 Å². The highest BCUT2D eigenvalue weighted by molar-refractivity contribution is 6.31. The van der Waals surface area contributed by atoms with Gasteiger partial charge in [0.05, 0.1) is 23.6 Å². The van der Waals surface area contributed by atoms with Crippen molar-refractivity contribution in [2.24, 2.45) is 10.4 Å². The highest BCUT2D eigenvalue weighted by Gasteiger charge is 2.43. The molecule has 4 nitrogen and oxygen atoms in total. The van der Waals surface area contributed by atoms with E-state index in [2.05, 4.69) is 9.84 Å². The van der Waals surface area contributed by atoms with E-state index in [9.17, 15) is 9.18 Å². The third kappa shape index (κ3) is 4.75. The van der Waals surface area contributed by atoms with Crippen LogP contribution >= 0.6 is 11.6 Å². The Morgan fingerprint density at radius 1 is 1.41 bits per heavy atom. The molecule has 2 unspecified atom stereocenters. The van der Waals surface area contributed by atoms with Crippen LogP contribution in [0.1, 0.15) is 52.5 Å². The Kier molecular flexibility index (Phi) is 6.43. The predicted molar refractivity (Wildman–Crippen MR) is 105 cm³/mol. The second-order valence-corrected chi connectivity index (χ2v) is 8.23. The van der Waals surface area contributed by atoms with Gasteiger partial charge in [0.1, 0.15) is 11.7 Å². The van der Waals surface area contributed by atoms with Crippen molar-refractivity contribution >= 4 is 23.3 Å². The summed E-state index contributed by atoms with van der Waals surface area (Å²) in [5, 5.41) is 0.180. The first-order valence-electron chi connectivity index (χ1n) is 8.86. The molecule has 0 spiro atoms. The number of benzene rings is 1. The van der Waals surface area contributed by atoms with E-state index in [1.165, 1.54) is 18.2 Å². The number of nitrogens with zero attached hydrogens (tertiary/aromatic N) is 2. The summed E-state index contributed by atoms with van der Waals surface area (Å²) < 4.78 is 19.1. The van der Waals surface area contributed by atoms with Crippen molar-refractivity contribution in [3.63, 3.8) is 0 Å². The van der Waals surface area contributed by atoms with Crippen molar-refractivity contribution in [1.82, 2.24) is 0 Å². The number of esters is 1. The summed E-state index contributed by atoms with van der Waals surface area (Å²) in [6.07, 6.45) is 0.511. The number of halogens is 2. The molecule has 1 aromatic rings. The molecule has 1 aliphatic rings. The highest BCUT2D eigenvalue weighted by atomic mass is 35.5. The third-order valence-corrected chi connectivity index (χ3v) is 4.63. The van der Waals surface area contributed by atoms with E-state index in [4.69, 9.17) is 22.9 Å². The Morgan fingerprint density at radius 3 is 2.59 bits per heavy atom. The number of allylic oxidation sites excluding steroid dienone is 1. The number of rotatable bonds is 4. The van der Waals surface area contributed by atoms with Crippen LogP contribution in [-0.4, -0.2) is 24.3 Å². The lowest BCUT2D eigenvalue weighted by Crippen LogP contribution is -2.33. The third-order valence-electron chi connectivity index (χ3n) is 4.30. The minimum absolute atomic E-state index is 0.180. The van der Waals surface area contributed by atoms with Gasteiger partial charge in [0.25, 0.3) is 6.04 Å². The van der Waals surface area contributed by atoms with Gasteiger partial charge in [-0.15, -0.1) is 0 Å². The Bertz CT molecular complexity index is 847. The van der Waals surface area contributed by atoms with Crippen molar-refractivity contribution in [3.8, 4) is 0 Å². The zero-order valence-corrected chi connectivity index (χ0v) is 17.0. The fourth-order valence-corrected chi connectivity index (χ4v) is 3.32. The molecule has 0 N–H and O–H groups in total. The first-order valence-corrected chi connectivity index (χ1v) is 9.23. The molecule has 0 amide bonds. The first-order chi connectivity index (χ1) is 12.6. The number of hydrogen-bond acceptors (Lipinski definition) is 3. The van der Waals surface area contributed by atoms with Crippen molar-refractivity contribution in [3.05, 3.63) is 57.3 Å². The summed E-state index contributed by atoms with van der Waals surface area (Å²) in [7, 11) is 0. The average molecular weight is 391 g/mol. The van der Waals surface area contributed by atoms with Crippen LogP contribution < -0.4 is 0 Å². The molecule has 1 heterocycles. The van der Waals surface area contributed by atoms with Crippen molar-refractivity contribution < 1.29 is 13.9 Å². The monoisotopic (exact) mass is 390 g/mol. The SMILES string of the molecule is [C-]#[N+]C1C(C)=NC(CC)=C(C(=O)OCC(C)(C)C)C1c1ccc(F)cc1Cl. The molecule has 144 valence electrons. The molecular weight excluding hydrogens is 367 g/mol. The van der Waals surface area contributed by atoms with Crippen molar-refractivity contribution in [2.45, 2.75) is 53.0 Å². The summed E-state index contributed by atoms with van der Waals surface area (Å²) in [4.78, 5) is 21.1. The molecule has 2 atom stereocenters. The van der Waals surface area contributed by atoms with Gasteiger partial charge in [-0.05, 0) is 36.5 Å². The zero-order chi connectivity index (χ0) is 20.4. The number of ether oxygens (including phenoxy) is 1. The number of carbonyl (C=O) groups excluding carboxylic acids is 1. The van der Waals surface area contributed by atoms with Gasteiger partial charge in [0.2, 0.25) is 0 Å². The van der Waals surface area contributed by atoms with Gasteiger partial charge in [0, 0.05) is 5.02 Å². The lowest BCUT2D eigenvalue weighted by Gasteiger charge is -2.28. The van der Waals surface area contributed by atoms with Gasteiger partial charge in [-0.1, -0.05) is 45.4 Å². The van der Waals surface area contributed by atoms with E-state index in [0.29, 0.717) is 29.0 Å². The van der Waals surface area contributed by atoms with Crippen LogP contribution in [0.25, 0.3) is 4.85 Å². The normalized spacial score (nSPS) is 20.1. The van der Waals surface area contributed by atoms with Gasteiger partial charge in [-0.2, -0.15) is 0 Å². The molecule has 0 bridgehead atoms. The molecule has 0 saturated carbocycles. The molecule has 1 aromatic carbocycles. The van der Waals surface area contributed by atoms with Gasteiger partial charge in [0.15, 0.2) is 0 Å². The second-order valence-electron chi connectivity index (χ2n) is 7.82. The first kappa shape index (κ1) is 21.1. The smallest absolute Gasteiger partial charge is 0.336 e.